The Balaban J connectivity index is 1.91. The van der Waals surface area contributed by atoms with E-state index in [4.69, 9.17) is 24.7 Å². The molecule has 0 aliphatic rings. The fourth-order valence-electron chi connectivity index (χ4n) is 5.85. The number of aliphatic hydroxyl groups excluding tert-OH is 1. The van der Waals surface area contributed by atoms with Gasteiger partial charge in [-0.15, -0.1) is 0 Å². The number of halogens is 1. The molecule has 0 spiro atoms. The Bertz CT molecular complexity index is 1410. The zero-order valence-electron chi connectivity index (χ0n) is 30.3. The van der Waals surface area contributed by atoms with Gasteiger partial charge in [0.25, 0.3) is 0 Å². The third-order valence-electron chi connectivity index (χ3n) is 8.52. The average molecular weight is 760 g/mol. The van der Waals surface area contributed by atoms with Crippen molar-refractivity contribution in [1.82, 2.24) is 0 Å². The van der Waals surface area contributed by atoms with Crippen LogP contribution in [0.15, 0.2) is 66.7 Å². The number of ether oxygens (including phenoxy) is 4. The lowest BCUT2D eigenvalue weighted by Gasteiger charge is -2.34. The van der Waals surface area contributed by atoms with Gasteiger partial charge in [-0.1, -0.05) is 64.1 Å². The lowest BCUT2D eigenvalue weighted by atomic mass is 9.75. The van der Waals surface area contributed by atoms with Crippen LogP contribution in [-0.4, -0.2) is 39.9 Å². The van der Waals surface area contributed by atoms with E-state index < -0.39 is 14.9 Å². The van der Waals surface area contributed by atoms with Crippen LogP contribution in [0.25, 0.3) is 0 Å². The molecule has 0 bridgehead atoms. The number of rotatable bonds is 18. The maximum Gasteiger partial charge on any atom is 0.166 e. The van der Waals surface area contributed by atoms with Gasteiger partial charge < -0.3 is 24.1 Å². The summed E-state index contributed by atoms with van der Waals surface area (Å²) in [6, 6.07) is 23.5. The second kappa shape index (κ2) is 15.9. The van der Waals surface area contributed by atoms with Crippen LogP contribution in [0.3, 0.4) is 0 Å². The predicted octanol–water partition coefficient (Wildman–Crippen LogP) is 9.30. The van der Waals surface area contributed by atoms with Crippen LogP contribution in [-0.2, 0) is 28.4 Å². The van der Waals surface area contributed by atoms with E-state index in [1.165, 1.54) is 22.3 Å². The third kappa shape index (κ3) is 12.6. The van der Waals surface area contributed by atoms with Crippen molar-refractivity contribution in [3.05, 3.63) is 89.0 Å². The van der Waals surface area contributed by atoms with Crippen molar-refractivity contribution < 1.29 is 24.1 Å². The molecule has 0 aromatic heterocycles. The number of benzene rings is 3. The summed E-state index contributed by atoms with van der Waals surface area (Å²) in [5.74, 6) is 2.59. The molecule has 0 amide bonds. The standard InChI is InChI=1S/C40H58INO5/c1-11-44-32-17-12-29(13-18-32)27-37(4,5)34-26-30(14-21-35(34)47-39(8,9)23-25-45-40(10,41)42)28-36(2,3)31-15-19-33(20-16-31)46-38(6,7)22-24-43/h12-21,26,43H,11,22-25,27-28,42H2,1-10H3. The minimum atomic E-state index is -0.711. The molecule has 0 heterocycles. The zero-order chi connectivity index (χ0) is 35.1. The Morgan fingerprint density at radius 1 is 0.681 bits per heavy atom. The number of aliphatic hydroxyl groups is 1. The van der Waals surface area contributed by atoms with Crippen molar-refractivity contribution in [2.24, 2.45) is 5.73 Å². The Hall–Kier alpha value is -2.33. The van der Waals surface area contributed by atoms with Gasteiger partial charge in [0.1, 0.15) is 28.5 Å². The van der Waals surface area contributed by atoms with Gasteiger partial charge in [0.15, 0.2) is 3.73 Å². The van der Waals surface area contributed by atoms with Gasteiger partial charge in [0.05, 0.1) is 13.2 Å². The van der Waals surface area contributed by atoms with E-state index in [-0.39, 0.29) is 17.4 Å². The summed E-state index contributed by atoms with van der Waals surface area (Å²) in [5.41, 5.74) is 9.76. The second-order valence-electron chi connectivity index (χ2n) is 15.3. The smallest absolute Gasteiger partial charge is 0.166 e. The molecule has 0 radical (unpaired) electrons. The summed E-state index contributed by atoms with van der Waals surface area (Å²) in [7, 11) is 0. The molecular weight excluding hydrogens is 701 g/mol. The molecule has 260 valence electrons. The molecule has 47 heavy (non-hydrogen) atoms. The number of nitrogens with two attached hydrogens (primary N) is 1. The summed E-state index contributed by atoms with van der Waals surface area (Å²) in [6.45, 7) is 22.5. The molecule has 1 atom stereocenters. The first-order valence-electron chi connectivity index (χ1n) is 16.8. The molecule has 0 saturated carbocycles. The van der Waals surface area contributed by atoms with Crippen LogP contribution < -0.4 is 19.9 Å². The van der Waals surface area contributed by atoms with Crippen molar-refractivity contribution in [1.29, 1.82) is 0 Å². The van der Waals surface area contributed by atoms with E-state index in [1.54, 1.807) is 0 Å². The van der Waals surface area contributed by atoms with Crippen LogP contribution in [0, 0.1) is 0 Å². The monoisotopic (exact) mass is 759 g/mol. The van der Waals surface area contributed by atoms with E-state index in [0.29, 0.717) is 26.1 Å². The summed E-state index contributed by atoms with van der Waals surface area (Å²) in [4.78, 5) is 0. The first-order valence-corrected chi connectivity index (χ1v) is 17.9. The van der Waals surface area contributed by atoms with Crippen LogP contribution >= 0.6 is 22.6 Å². The van der Waals surface area contributed by atoms with E-state index in [2.05, 4.69) is 119 Å². The second-order valence-corrected chi connectivity index (χ2v) is 17.5. The van der Waals surface area contributed by atoms with Gasteiger partial charge in [-0.05, 0) is 135 Å². The largest absolute Gasteiger partial charge is 0.494 e. The van der Waals surface area contributed by atoms with E-state index in [0.717, 1.165) is 30.1 Å². The fraction of sp³-hybridized carbons (Fsp3) is 0.550. The highest BCUT2D eigenvalue weighted by Crippen LogP contribution is 2.39. The van der Waals surface area contributed by atoms with Gasteiger partial charge in [0.2, 0.25) is 0 Å². The van der Waals surface area contributed by atoms with Crippen molar-refractivity contribution in [2.75, 3.05) is 19.8 Å². The maximum absolute atomic E-state index is 9.37. The summed E-state index contributed by atoms with van der Waals surface area (Å²) in [5, 5.41) is 9.37. The van der Waals surface area contributed by atoms with Crippen LogP contribution in [0.4, 0.5) is 0 Å². The van der Waals surface area contributed by atoms with E-state index in [9.17, 15) is 5.11 Å². The quantitative estimate of drug-likeness (QED) is 0.0583. The molecule has 0 saturated heterocycles. The van der Waals surface area contributed by atoms with Crippen molar-refractivity contribution in [3.63, 3.8) is 0 Å². The van der Waals surface area contributed by atoms with Crippen molar-refractivity contribution in [3.8, 4) is 17.2 Å². The topological polar surface area (TPSA) is 83.2 Å². The number of alkyl halides is 1. The van der Waals surface area contributed by atoms with Gasteiger partial charge in [-0.25, -0.2) is 0 Å². The highest BCUT2D eigenvalue weighted by Gasteiger charge is 2.31. The SMILES string of the molecule is CCOc1ccc(CC(C)(C)c2cc(CC(C)(C)c3ccc(OC(C)(C)CCO)cc3)ccc2OC(C)(C)CCOC(C)(N)I)cc1. The molecular formula is C40H58INO5. The molecule has 3 aromatic rings. The molecule has 3 aromatic carbocycles. The van der Waals surface area contributed by atoms with Gasteiger partial charge in [0, 0.05) is 25.0 Å². The predicted molar refractivity (Wildman–Crippen MR) is 202 cm³/mol. The lowest BCUT2D eigenvalue weighted by molar-refractivity contribution is 0.0107. The maximum atomic E-state index is 9.37. The molecule has 0 aliphatic heterocycles. The number of hydrogen-bond donors (Lipinski definition) is 2. The van der Waals surface area contributed by atoms with Crippen LogP contribution in [0.2, 0.25) is 0 Å². The third-order valence-corrected chi connectivity index (χ3v) is 8.83. The highest BCUT2D eigenvalue weighted by atomic mass is 127. The first-order chi connectivity index (χ1) is 21.7. The summed E-state index contributed by atoms with van der Waals surface area (Å²) in [6.07, 6.45) is 2.99. The number of hydrogen-bond acceptors (Lipinski definition) is 6. The van der Waals surface area contributed by atoms with Gasteiger partial charge >= 0.3 is 0 Å². The van der Waals surface area contributed by atoms with Gasteiger partial charge in [-0.3, -0.25) is 5.73 Å². The fourth-order valence-corrected chi connectivity index (χ4v) is 6.07. The molecule has 6 nitrogen and oxygen atoms in total. The molecule has 7 heteroatoms. The lowest BCUT2D eigenvalue weighted by Crippen LogP contribution is -2.36. The molecule has 3 rings (SSSR count). The minimum absolute atomic E-state index is 0.0964. The average Bonchev–Trinajstić information content (AvgIpc) is 2.94. The van der Waals surface area contributed by atoms with Crippen molar-refractivity contribution >= 4 is 22.6 Å². The Labute approximate surface area is 297 Å². The minimum Gasteiger partial charge on any atom is -0.494 e. The van der Waals surface area contributed by atoms with Crippen molar-refractivity contribution in [2.45, 2.75) is 121 Å². The first kappa shape index (κ1) is 39.1. The zero-order valence-corrected chi connectivity index (χ0v) is 32.5. The molecule has 3 N–H and O–H groups in total. The van der Waals surface area contributed by atoms with E-state index in [1.807, 2.05) is 39.8 Å². The van der Waals surface area contributed by atoms with E-state index >= 15 is 0 Å². The molecule has 1 unspecified atom stereocenters. The normalized spacial score (nSPS) is 14.1. The Kier molecular flexibility index (Phi) is 13.2. The van der Waals surface area contributed by atoms with Crippen LogP contribution in [0.1, 0.15) is 104 Å². The van der Waals surface area contributed by atoms with Crippen LogP contribution in [0.5, 0.6) is 17.2 Å². The summed E-state index contributed by atoms with van der Waals surface area (Å²) < 4.78 is 23.7. The summed E-state index contributed by atoms with van der Waals surface area (Å²) >= 11 is 2.10. The highest BCUT2D eigenvalue weighted by molar-refractivity contribution is 14.1. The molecule has 0 aliphatic carbocycles. The van der Waals surface area contributed by atoms with Gasteiger partial charge in [-0.2, -0.15) is 0 Å². The molecule has 0 fully saturated rings. The Morgan fingerprint density at radius 3 is 1.81 bits per heavy atom. The Morgan fingerprint density at radius 2 is 1.23 bits per heavy atom.